The van der Waals surface area contributed by atoms with Crippen LogP contribution in [0, 0.1) is 0 Å². The molecule has 0 unspecified atom stereocenters. The van der Waals surface area contributed by atoms with Gasteiger partial charge in [0.2, 0.25) is 5.91 Å². The number of nitrogens with zero attached hydrogens (tertiary/aromatic N) is 6. The van der Waals surface area contributed by atoms with E-state index in [1.165, 1.54) is 4.90 Å². The van der Waals surface area contributed by atoms with Gasteiger partial charge in [0.25, 0.3) is 5.91 Å². The van der Waals surface area contributed by atoms with Crippen molar-refractivity contribution in [1.82, 2.24) is 24.5 Å². The maximum absolute atomic E-state index is 14.9. The summed E-state index contributed by atoms with van der Waals surface area (Å²) in [7, 11) is 3.39. The van der Waals surface area contributed by atoms with Crippen molar-refractivity contribution in [3.63, 3.8) is 0 Å². The Labute approximate surface area is 302 Å². The number of aliphatic imine (C=N–C) groups is 1. The van der Waals surface area contributed by atoms with Crippen molar-refractivity contribution in [2.24, 2.45) is 4.99 Å². The van der Waals surface area contributed by atoms with E-state index in [1.54, 1.807) is 37.2 Å². The number of ether oxygens (including phenoxy) is 2. The summed E-state index contributed by atoms with van der Waals surface area (Å²) in [4.78, 5) is 55.4. The lowest BCUT2D eigenvalue weighted by Crippen LogP contribution is -2.56. The number of hydrogen-bond donors (Lipinski definition) is 0. The number of hydrogen-bond acceptors (Lipinski definition) is 7. The molecule has 3 aromatic carbocycles. The van der Waals surface area contributed by atoms with Gasteiger partial charge in [0, 0.05) is 69.0 Å². The van der Waals surface area contributed by atoms with Gasteiger partial charge in [-0.2, -0.15) is 0 Å². The summed E-state index contributed by atoms with van der Waals surface area (Å²) in [6, 6.07) is 18.9. The Morgan fingerprint density at radius 2 is 1.46 bits per heavy atom. The molecule has 50 heavy (non-hydrogen) atoms. The Balaban J connectivity index is 1.39. The molecule has 3 aromatic rings. The standard InChI is InChI=1S/C37H42Cl2N6O5/c1-4-50-31-14-9-27(36(47)41(2)3)23-30(31)35-40-33(25-5-10-28(38)11-6-25)34(26-7-12-29(39)13-8-26)45(35)37(48)44-17-15-42(16-18-44)24-32(46)43-19-21-49-22-20-43/h5-14,23,33-34H,4,15-22,24H2,1-3H3/t33-,34+/m0/s1. The summed E-state index contributed by atoms with van der Waals surface area (Å²) in [5.41, 5.74) is 2.69. The second-order valence-electron chi connectivity index (χ2n) is 12.7. The first kappa shape index (κ1) is 35.7. The number of amides is 4. The first-order chi connectivity index (χ1) is 24.1. The number of carbonyl (C=O) groups is 3. The Morgan fingerprint density at radius 1 is 0.840 bits per heavy atom. The zero-order valence-electron chi connectivity index (χ0n) is 28.6. The van der Waals surface area contributed by atoms with Gasteiger partial charge in [0.05, 0.1) is 38.0 Å². The number of benzene rings is 3. The molecule has 3 aliphatic rings. The van der Waals surface area contributed by atoms with E-state index in [0.717, 1.165) is 11.1 Å². The van der Waals surface area contributed by atoms with Crippen LogP contribution >= 0.6 is 23.2 Å². The lowest BCUT2D eigenvalue weighted by molar-refractivity contribution is -0.136. The topological polar surface area (TPSA) is 98.2 Å². The summed E-state index contributed by atoms with van der Waals surface area (Å²) in [5.74, 6) is 0.803. The van der Waals surface area contributed by atoms with E-state index in [1.807, 2.05) is 65.3 Å². The minimum absolute atomic E-state index is 0.0752. The van der Waals surface area contributed by atoms with Gasteiger partial charge in [-0.3, -0.25) is 24.4 Å². The minimum Gasteiger partial charge on any atom is -0.493 e. The normalized spacial score (nSPS) is 19.7. The molecule has 0 bridgehead atoms. The molecule has 0 N–H and O–H groups in total. The Kier molecular flexibility index (Phi) is 11.3. The summed E-state index contributed by atoms with van der Waals surface area (Å²) >= 11 is 12.6. The Hall–Kier alpha value is -4.16. The first-order valence-electron chi connectivity index (χ1n) is 16.9. The van der Waals surface area contributed by atoms with Crippen LogP contribution in [0.3, 0.4) is 0 Å². The van der Waals surface area contributed by atoms with E-state index in [0.29, 0.717) is 98.4 Å². The highest BCUT2D eigenvalue weighted by Gasteiger charge is 2.45. The molecular weight excluding hydrogens is 679 g/mol. The second-order valence-corrected chi connectivity index (χ2v) is 13.6. The highest BCUT2D eigenvalue weighted by molar-refractivity contribution is 6.30. The third-order valence-corrected chi connectivity index (χ3v) is 9.74. The second kappa shape index (κ2) is 15.8. The maximum atomic E-state index is 14.9. The fourth-order valence-electron chi connectivity index (χ4n) is 6.59. The van der Waals surface area contributed by atoms with Crippen LogP contribution in [0.2, 0.25) is 10.0 Å². The number of halogens is 2. The Bertz CT molecular complexity index is 1720. The zero-order valence-corrected chi connectivity index (χ0v) is 30.1. The number of urea groups is 1. The molecule has 0 spiro atoms. The van der Waals surface area contributed by atoms with Crippen LogP contribution in [0.25, 0.3) is 0 Å². The van der Waals surface area contributed by atoms with Crippen LogP contribution in [-0.2, 0) is 9.53 Å². The van der Waals surface area contributed by atoms with E-state index in [-0.39, 0.29) is 17.8 Å². The molecule has 264 valence electrons. The zero-order chi connectivity index (χ0) is 35.4. The molecule has 11 nitrogen and oxygen atoms in total. The molecule has 2 saturated heterocycles. The molecule has 0 saturated carbocycles. The highest BCUT2D eigenvalue weighted by atomic mass is 35.5. The fourth-order valence-corrected chi connectivity index (χ4v) is 6.84. The number of amidine groups is 1. The first-order valence-corrected chi connectivity index (χ1v) is 17.6. The fraction of sp³-hybridized carbons (Fsp3) is 0.405. The molecule has 0 aromatic heterocycles. The smallest absolute Gasteiger partial charge is 0.326 e. The van der Waals surface area contributed by atoms with Gasteiger partial charge in [0.15, 0.2) is 0 Å². The van der Waals surface area contributed by atoms with Crippen LogP contribution in [-0.4, -0.2) is 128 Å². The predicted octanol–water partition coefficient (Wildman–Crippen LogP) is 5.24. The maximum Gasteiger partial charge on any atom is 0.326 e. The molecule has 4 amide bonds. The van der Waals surface area contributed by atoms with Crippen molar-refractivity contribution in [3.05, 3.63) is 99.0 Å². The summed E-state index contributed by atoms with van der Waals surface area (Å²) in [5, 5.41) is 1.16. The summed E-state index contributed by atoms with van der Waals surface area (Å²) in [6.07, 6.45) is 0. The molecule has 6 rings (SSSR count). The lowest BCUT2D eigenvalue weighted by Gasteiger charge is -2.39. The molecule has 13 heteroatoms. The lowest BCUT2D eigenvalue weighted by atomic mass is 9.93. The molecule has 0 radical (unpaired) electrons. The van der Waals surface area contributed by atoms with Gasteiger partial charge in [0.1, 0.15) is 17.6 Å². The van der Waals surface area contributed by atoms with Crippen LogP contribution in [0.5, 0.6) is 5.75 Å². The monoisotopic (exact) mass is 720 g/mol. The molecule has 3 aliphatic heterocycles. The predicted molar refractivity (Wildman–Crippen MR) is 193 cm³/mol. The van der Waals surface area contributed by atoms with E-state index < -0.39 is 12.1 Å². The van der Waals surface area contributed by atoms with E-state index in [9.17, 15) is 14.4 Å². The number of rotatable bonds is 8. The molecule has 0 aliphatic carbocycles. The van der Waals surface area contributed by atoms with Crippen LogP contribution in [0.1, 0.15) is 46.1 Å². The average molecular weight is 722 g/mol. The highest BCUT2D eigenvalue weighted by Crippen LogP contribution is 2.45. The van der Waals surface area contributed by atoms with Crippen molar-refractivity contribution in [2.45, 2.75) is 19.0 Å². The van der Waals surface area contributed by atoms with Crippen LogP contribution in [0.15, 0.2) is 71.7 Å². The molecule has 2 atom stereocenters. The minimum atomic E-state index is -0.556. The number of piperazine rings is 1. The van der Waals surface area contributed by atoms with Crippen LogP contribution in [0.4, 0.5) is 4.79 Å². The van der Waals surface area contributed by atoms with Gasteiger partial charge < -0.3 is 24.2 Å². The third-order valence-electron chi connectivity index (χ3n) is 9.23. The van der Waals surface area contributed by atoms with E-state index in [4.69, 9.17) is 37.7 Å². The van der Waals surface area contributed by atoms with Crippen molar-refractivity contribution in [3.8, 4) is 5.75 Å². The van der Waals surface area contributed by atoms with Gasteiger partial charge in [-0.05, 0) is 60.5 Å². The molecule has 3 heterocycles. The van der Waals surface area contributed by atoms with Crippen LogP contribution < -0.4 is 4.74 Å². The quantitative estimate of drug-likeness (QED) is 0.316. The van der Waals surface area contributed by atoms with Gasteiger partial charge in [-0.25, -0.2) is 4.79 Å². The van der Waals surface area contributed by atoms with E-state index >= 15 is 0 Å². The SMILES string of the molecule is CCOc1ccc(C(=O)N(C)C)cc1C1=N[C@@H](c2ccc(Cl)cc2)[C@@H](c2ccc(Cl)cc2)N1C(=O)N1CCN(CC(=O)N2CCOCC2)CC1. The summed E-state index contributed by atoms with van der Waals surface area (Å²) in [6.45, 7) is 6.81. The summed E-state index contributed by atoms with van der Waals surface area (Å²) < 4.78 is 11.5. The van der Waals surface area contributed by atoms with Gasteiger partial charge in [-0.1, -0.05) is 47.5 Å². The van der Waals surface area contributed by atoms with Crippen molar-refractivity contribution in [1.29, 1.82) is 0 Å². The van der Waals surface area contributed by atoms with E-state index in [2.05, 4.69) is 4.90 Å². The number of carbonyl (C=O) groups excluding carboxylic acids is 3. The van der Waals surface area contributed by atoms with Crippen molar-refractivity contribution >= 4 is 46.9 Å². The van der Waals surface area contributed by atoms with Crippen molar-refractivity contribution < 1.29 is 23.9 Å². The molecular formula is C37H42Cl2N6O5. The Morgan fingerprint density at radius 3 is 2.06 bits per heavy atom. The third kappa shape index (κ3) is 7.76. The van der Waals surface area contributed by atoms with Crippen molar-refractivity contribution in [2.75, 3.05) is 79.7 Å². The molecule has 2 fully saturated rings. The van der Waals surface area contributed by atoms with Gasteiger partial charge in [-0.15, -0.1) is 0 Å². The number of morpholine rings is 1. The van der Waals surface area contributed by atoms with Gasteiger partial charge >= 0.3 is 6.03 Å². The largest absolute Gasteiger partial charge is 0.493 e. The average Bonchev–Trinajstić information content (AvgIpc) is 3.53.